The first-order valence-electron chi connectivity index (χ1n) is 7.07. The zero-order chi connectivity index (χ0) is 16.4. The van der Waals surface area contributed by atoms with Gasteiger partial charge in [0.15, 0.2) is 5.69 Å². The molecule has 0 N–H and O–H groups in total. The maximum Gasteiger partial charge on any atom is 0.186 e. The number of aryl methyl sites for hydroxylation is 2. The summed E-state index contributed by atoms with van der Waals surface area (Å²) in [5.41, 5.74) is 3.52. The fourth-order valence-electron chi connectivity index (χ4n) is 2.39. The molecule has 0 aliphatic carbocycles. The highest BCUT2D eigenvalue weighted by molar-refractivity contribution is 5.32. The Morgan fingerprint density at radius 3 is 2.61 bits per heavy atom. The van der Waals surface area contributed by atoms with Gasteiger partial charge in [-0.05, 0) is 31.5 Å². The van der Waals surface area contributed by atoms with Gasteiger partial charge in [0.25, 0.3) is 0 Å². The van der Waals surface area contributed by atoms with Gasteiger partial charge in [-0.25, -0.2) is 9.07 Å². The number of aromatic nitrogens is 4. The fourth-order valence-corrected chi connectivity index (χ4v) is 2.39. The van der Waals surface area contributed by atoms with Crippen LogP contribution in [0.25, 0.3) is 0 Å². The Morgan fingerprint density at radius 1 is 1.26 bits per heavy atom. The first-order chi connectivity index (χ1) is 11.1. The van der Waals surface area contributed by atoms with E-state index in [1.807, 2.05) is 19.9 Å². The molecule has 2 aromatic heterocycles. The van der Waals surface area contributed by atoms with Gasteiger partial charge in [-0.15, -0.1) is 5.10 Å². The molecule has 116 valence electrons. The van der Waals surface area contributed by atoms with Crippen LogP contribution in [0.1, 0.15) is 34.0 Å². The van der Waals surface area contributed by atoms with Crippen molar-refractivity contribution in [1.82, 2.24) is 20.2 Å². The van der Waals surface area contributed by atoms with E-state index in [1.54, 1.807) is 16.8 Å². The first kappa shape index (κ1) is 14.9. The molecule has 0 radical (unpaired) electrons. The molecule has 0 fully saturated rings. The third kappa shape index (κ3) is 2.97. The van der Waals surface area contributed by atoms with Gasteiger partial charge in [0.05, 0.1) is 17.9 Å². The second-order valence-electron chi connectivity index (χ2n) is 5.26. The number of nitriles is 1. The predicted molar refractivity (Wildman–Crippen MR) is 79.0 cm³/mol. The maximum atomic E-state index is 13.0. The van der Waals surface area contributed by atoms with Crippen LogP contribution in [0.15, 0.2) is 28.8 Å². The summed E-state index contributed by atoms with van der Waals surface area (Å²) >= 11 is 0. The highest BCUT2D eigenvalue weighted by Gasteiger charge is 2.17. The van der Waals surface area contributed by atoms with Gasteiger partial charge in [0.1, 0.15) is 17.6 Å². The summed E-state index contributed by atoms with van der Waals surface area (Å²) in [6.45, 7) is 4.11. The third-order valence-electron chi connectivity index (χ3n) is 3.72. The van der Waals surface area contributed by atoms with Crippen LogP contribution in [-0.4, -0.2) is 20.2 Å². The van der Waals surface area contributed by atoms with Crippen LogP contribution < -0.4 is 0 Å². The monoisotopic (exact) mass is 311 g/mol. The number of rotatable bonds is 4. The normalized spacial score (nSPS) is 10.7. The van der Waals surface area contributed by atoms with Gasteiger partial charge in [0.2, 0.25) is 0 Å². The molecule has 0 spiro atoms. The van der Waals surface area contributed by atoms with Crippen molar-refractivity contribution >= 4 is 0 Å². The highest BCUT2D eigenvalue weighted by Crippen LogP contribution is 2.18. The van der Waals surface area contributed by atoms with Crippen molar-refractivity contribution in [3.8, 4) is 6.07 Å². The number of nitrogens with zero attached hydrogens (tertiary/aromatic N) is 5. The van der Waals surface area contributed by atoms with E-state index in [0.29, 0.717) is 24.4 Å². The molecule has 3 aromatic rings. The highest BCUT2D eigenvalue weighted by atomic mass is 19.1. The van der Waals surface area contributed by atoms with E-state index in [4.69, 9.17) is 4.52 Å². The van der Waals surface area contributed by atoms with Gasteiger partial charge in [0, 0.05) is 12.0 Å². The molecule has 0 aliphatic rings. The molecule has 0 saturated carbocycles. The van der Waals surface area contributed by atoms with E-state index in [2.05, 4.69) is 15.5 Å². The van der Waals surface area contributed by atoms with Gasteiger partial charge < -0.3 is 4.52 Å². The molecule has 1 aromatic carbocycles. The topological polar surface area (TPSA) is 80.5 Å². The molecular weight excluding hydrogens is 297 g/mol. The Kier molecular flexibility index (Phi) is 3.89. The Hall–Kier alpha value is -3.01. The first-order valence-corrected chi connectivity index (χ1v) is 7.07. The molecule has 0 saturated heterocycles. The number of hydrogen-bond donors (Lipinski definition) is 0. The van der Waals surface area contributed by atoms with Gasteiger partial charge in [-0.2, -0.15) is 5.26 Å². The number of halogens is 1. The average Bonchev–Trinajstić information content (AvgIpc) is 3.07. The molecule has 0 amide bonds. The lowest BCUT2D eigenvalue weighted by Gasteiger charge is -2.07. The second kappa shape index (κ2) is 6.01. The van der Waals surface area contributed by atoms with E-state index < -0.39 is 0 Å². The Morgan fingerprint density at radius 2 is 2.00 bits per heavy atom. The second-order valence-corrected chi connectivity index (χ2v) is 5.26. The summed E-state index contributed by atoms with van der Waals surface area (Å²) in [5.74, 6) is 0.417. The summed E-state index contributed by atoms with van der Waals surface area (Å²) in [7, 11) is 0. The molecule has 0 unspecified atom stereocenters. The van der Waals surface area contributed by atoms with E-state index in [9.17, 15) is 9.65 Å². The number of benzene rings is 1. The summed E-state index contributed by atoms with van der Waals surface area (Å²) < 4.78 is 19.8. The molecule has 2 heterocycles. The van der Waals surface area contributed by atoms with Crippen molar-refractivity contribution in [3.05, 3.63) is 64.1 Å². The molecule has 6 nitrogen and oxygen atoms in total. The molecule has 7 heteroatoms. The van der Waals surface area contributed by atoms with Crippen molar-refractivity contribution in [2.45, 2.75) is 26.8 Å². The zero-order valence-corrected chi connectivity index (χ0v) is 12.7. The SMILES string of the molecule is Cc1noc(C)c1Cn1nnc(C#N)c1Cc1ccc(F)cc1. The Labute approximate surface area is 132 Å². The predicted octanol–water partition coefficient (Wildman–Crippen LogP) is 2.53. The minimum atomic E-state index is -0.295. The van der Waals surface area contributed by atoms with Crippen LogP contribution in [0.4, 0.5) is 4.39 Å². The van der Waals surface area contributed by atoms with E-state index in [0.717, 1.165) is 16.8 Å². The standard InChI is InChI=1S/C16H14FN5O/c1-10-14(11(2)23-20-10)9-22-16(15(8-18)19-21-22)7-12-3-5-13(17)6-4-12/h3-6H,7,9H2,1-2H3. The molecule has 0 atom stereocenters. The van der Waals surface area contributed by atoms with Crippen molar-refractivity contribution < 1.29 is 8.91 Å². The fraction of sp³-hybridized carbons (Fsp3) is 0.250. The molecule has 3 rings (SSSR count). The molecular formula is C16H14FN5O. The third-order valence-corrected chi connectivity index (χ3v) is 3.72. The van der Waals surface area contributed by atoms with E-state index in [-0.39, 0.29) is 11.5 Å². The summed E-state index contributed by atoms with van der Waals surface area (Å²) in [6, 6.07) is 8.20. The van der Waals surface area contributed by atoms with Gasteiger partial charge >= 0.3 is 0 Å². The quantitative estimate of drug-likeness (QED) is 0.739. The summed E-state index contributed by atoms with van der Waals surface area (Å²) in [4.78, 5) is 0. The average molecular weight is 311 g/mol. The van der Waals surface area contributed by atoms with Crippen molar-refractivity contribution in [2.75, 3.05) is 0 Å². The van der Waals surface area contributed by atoms with E-state index >= 15 is 0 Å². The van der Waals surface area contributed by atoms with Crippen LogP contribution in [0.3, 0.4) is 0 Å². The van der Waals surface area contributed by atoms with Gasteiger partial charge in [-0.3, -0.25) is 0 Å². The minimum Gasteiger partial charge on any atom is -0.361 e. The lowest BCUT2D eigenvalue weighted by atomic mass is 10.1. The lowest BCUT2D eigenvalue weighted by molar-refractivity contribution is 0.391. The van der Waals surface area contributed by atoms with Crippen LogP contribution in [-0.2, 0) is 13.0 Å². The summed E-state index contributed by atoms with van der Waals surface area (Å²) in [5, 5.41) is 21.1. The Balaban J connectivity index is 1.94. The lowest BCUT2D eigenvalue weighted by Crippen LogP contribution is -2.09. The van der Waals surface area contributed by atoms with Crippen LogP contribution in [0, 0.1) is 31.0 Å². The van der Waals surface area contributed by atoms with Crippen molar-refractivity contribution in [3.63, 3.8) is 0 Å². The zero-order valence-electron chi connectivity index (χ0n) is 12.7. The van der Waals surface area contributed by atoms with Crippen molar-refractivity contribution in [2.24, 2.45) is 0 Å². The molecule has 23 heavy (non-hydrogen) atoms. The summed E-state index contributed by atoms with van der Waals surface area (Å²) in [6.07, 6.45) is 0.444. The van der Waals surface area contributed by atoms with E-state index in [1.165, 1.54) is 12.1 Å². The van der Waals surface area contributed by atoms with Crippen LogP contribution in [0.5, 0.6) is 0 Å². The van der Waals surface area contributed by atoms with Crippen LogP contribution >= 0.6 is 0 Å². The van der Waals surface area contributed by atoms with Crippen LogP contribution in [0.2, 0.25) is 0 Å². The number of hydrogen-bond acceptors (Lipinski definition) is 5. The smallest absolute Gasteiger partial charge is 0.186 e. The largest absolute Gasteiger partial charge is 0.361 e. The minimum absolute atomic E-state index is 0.265. The van der Waals surface area contributed by atoms with Crippen molar-refractivity contribution in [1.29, 1.82) is 5.26 Å². The maximum absolute atomic E-state index is 13.0. The van der Waals surface area contributed by atoms with Gasteiger partial charge in [-0.1, -0.05) is 22.5 Å². The Bertz CT molecular complexity index is 854. The molecule has 0 bridgehead atoms. The molecule has 0 aliphatic heterocycles.